The van der Waals surface area contributed by atoms with Gasteiger partial charge in [-0.25, -0.2) is 0 Å². The van der Waals surface area contributed by atoms with Crippen LogP contribution < -0.4 is 11.1 Å². The van der Waals surface area contributed by atoms with Gasteiger partial charge in [0.1, 0.15) is 5.41 Å². The van der Waals surface area contributed by atoms with Crippen LogP contribution in [0.4, 0.5) is 0 Å². The van der Waals surface area contributed by atoms with E-state index in [1.54, 1.807) is 0 Å². The number of primary amides is 1. The fourth-order valence-corrected chi connectivity index (χ4v) is 4.11. The summed E-state index contributed by atoms with van der Waals surface area (Å²) in [5.74, 6) is -0.589. The Kier molecular flexibility index (Phi) is 4.71. The van der Waals surface area contributed by atoms with E-state index in [2.05, 4.69) is 10.2 Å². The smallest absolute Gasteiger partial charge is 0.235 e. The molecular formula is C17H29N3O2. The molecule has 2 aliphatic carbocycles. The molecule has 3 fully saturated rings. The Bertz CT molecular complexity index is 426. The average Bonchev–Trinajstić information content (AvgIpc) is 3.32. The Labute approximate surface area is 133 Å². The second-order valence-corrected chi connectivity index (χ2v) is 7.40. The average molecular weight is 307 g/mol. The number of hydrogen-bond donors (Lipinski definition) is 2. The molecule has 5 heteroatoms. The highest BCUT2D eigenvalue weighted by Gasteiger charge is 2.55. The van der Waals surface area contributed by atoms with E-state index < -0.39 is 11.3 Å². The Balaban J connectivity index is 1.54. The lowest BCUT2D eigenvalue weighted by molar-refractivity contribution is -0.136. The van der Waals surface area contributed by atoms with Gasteiger partial charge in [0.05, 0.1) is 0 Å². The minimum atomic E-state index is -0.884. The van der Waals surface area contributed by atoms with Crippen LogP contribution in [0.25, 0.3) is 0 Å². The molecule has 0 aromatic heterocycles. The van der Waals surface area contributed by atoms with Gasteiger partial charge >= 0.3 is 0 Å². The molecule has 0 aromatic rings. The van der Waals surface area contributed by atoms with Crippen LogP contribution in [0.3, 0.4) is 0 Å². The van der Waals surface area contributed by atoms with Gasteiger partial charge < -0.3 is 11.1 Å². The molecule has 0 spiro atoms. The molecule has 0 radical (unpaired) electrons. The lowest BCUT2D eigenvalue weighted by Crippen LogP contribution is -2.53. The van der Waals surface area contributed by atoms with Crippen molar-refractivity contribution in [3.05, 3.63) is 0 Å². The Hall–Kier alpha value is -1.10. The number of amides is 2. The molecule has 0 bridgehead atoms. The third kappa shape index (κ3) is 3.29. The first-order chi connectivity index (χ1) is 10.6. The number of nitrogens with two attached hydrogens (primary N) is 1. The van der Waals surface area contributed by atoms with E-state index in [1.165, 1.54) is 38.5 Å². The molecule has 0 unspecified atom stereocenters. The molecule has 3 N–H and O–H groups in total. The zero-order valence-corrected chi connectivity index (χ0v) is 13.5. The molecule has 22 heavy (non-hydrogen) atoms. The summed E-state index contributed by atoms with van der Waals surface area (Å²) in [6, 6.07) is 0.870. The van der Waals surface area contributed by atoms with E-state index in [1.807, 2.05) is 0 Å². The van der Waals surface area contributed by atoms with Crippen molar-refractivity contribution in [3.63, 3.8) is 0 Å². The molecular weight excluding hydrogens is 278 g/mol. The SMILES string of the molecule is NC(=O)C1(C(=O)N[C@H]2CCCN(C3CCCCCC3)C2)CC1. The fraction of sp³-hybridized carbons (Fsp3) is 0.882. The number of piperidine rings is 1. The number of carbonyl (C=O) groups is 2. The number of rotatable bonds is 4. The van der Waals surface area contributed by atoms with Gasteiger partial charge in [0.25, 0.3) is 0 Å². The van der Waals surface area contributed by atoms with Crippen molar-refractivity contribution in [3.8, 4) is 0 Å². The van der Waals surface area contributed by atoms with E-state index in [9.17, 15) is 9.59 Å². The monoisotopic (exact) mass is 307 g/mol. The van der Waals surface area contributed by atoms with Gasteiger partial charge in [0, 0.05) is 18.6 Å². The molecule has 3 aliphatic rings. The number of likely N-dealkylation sites (tertiary alicyclic amines) is 1. The van der Waals surface area contributed by atoms with Crippen molar-refractivity contribution >= 4 is 11.8 Å². The van der Waals surface area contributed by atoms with E-state index in [0.29, 0.717) is 18.9 Å². The first-order valence-corrected chi connectivity index (χ1v) is 8.97. The summed E-state index contributed by atoms with van der Waals surface area (Å²) in [6.45, 7) is 2.09. The summed E-state index contributed by atoms with van der Waals surface area (Å²) in [6.07, 6.45) is 11.4. The minimum Gasteiger partial charge on any atom is -0.369 e. The molecule has 124 valence electrons. The molecule has 1 saturated heterocycles. The fourth-order valence-electron chi connectivity index (χ4n) is 4.11. The largest absolute Gasteiger partial charge is 0.369 e. The number of nitrogens with zero attached hydrogens (tertiary/aromatic N) is 1. The van der Waals surface area contributed by atoms with Gasteiger partial charge in [-0.1, -0.05) is 25.7 Å². The molecule has 3 rings (SSSR count). The van der Waals surface area contributed by atoms with E-state index in [-0.39, 0.29) is 11.9 Å². The van der Waals surface area contributed by atoms with Gasteiger partial charge in [-0.2, -0.15) is 0 Å². The quantitative estimate of drug-likeness (QED) is 0.611. The predicted molar refractivity (Wildman–Crippen MR) is 85.1 cm³/mol. The van der Waals surface area contributed by atoms with Crippen LogP contribution in [0.1, 0.15) is 64.2 Å². The summed E-state index contributed by atoms with van der Waals surface area (Å²) < 4.78 is 0. The molecule has 5 nitrogen and oxygen atoms in total. The maximum atomic E-state index is 12.3. The second-order valence-electron chi connectivity index (χ2n) is 7.40. The van der Waals surface area contributed by atoms with Crippen LogP contribution in [0.2, 0.25) is 0 Å². The highest BCUT2D eigenvalue weighted by atomic mass is 16.2. The summed E-state index contributed by atoms with van der Waals surface area (Å²) in [5.41, 5.74) is 4.51. The van der Waals surface area contributed by atoms with Gasteiger partial charge in [0.2, 0.25) is 11.8 Å². The van der Waals surface area contributed by atoms with Crippen LogP contribution in [0, 0.1) is 5.41 Å². The minimum absolute atomic E-state index is 0.132. The van der Waals surface area contributed by atoms with Crippen LogP contribution in [-0.2, 0) is 9.59 Å². The van der Waals surface area contributed by atoms with Crippen LogP contribution in [0.5, 0.6) is 0 Å². The van der Waals surface area contributed by atoms with Gasteiger partial charge in [-0.3, -0.25) is 14.5 Å². The first-order valence-electron chi connectivity index (χ1n) is 8.97. The molecule has 1 aliphatic heterocycles. The summed E-state index contributed by atoms with van der Waals surface area (Å²) in [5, 5.41) is 3.11. The Morgan fingerprint density at radius 1 is 1.00 bits per heavy atom. The van der Waals surface area contributed by atoms with Crippen molar-refractivity contribution in [2.24, 2.45) is 11.1 Å². The highest BCUT2D eigenvalue weighted by molar-refractivity contribution is 6.07. The van der Waals surface area contributed by atoms with Crippen molar-refractivity contribution < 1.29 is 9.59 Å². The number of hydrogen-bond acceptors (Lipinski definition) is 3. The van der Waals surface area contributed by atoms with E-state index in [4.69, 9.17) is 5.73 Å². The summed E-state index contributed by atoms with van der Waals surface area (Å²) in [4.78, 5) is 26.4. The van der Waals surface area contributed by atoms with E-state index in [0.717, 1.165) is 25.9 Å². The third-order valence-electron chi connectivity index (χ3n) is 5.79. The standard InChI is InChI=1S/C17H29N3O2/c18-15(21)17(9-10-17)16(22)19-13-6-5-11-20(12-13)14-7-3-1-2-4-8-14/h13-14H,1-12H2,(H2,18,21)(H,19,22)/t13-/m0/s1. The van der Waals surface area contributed by atoms with Crippen molar-refractivity contribution in [2.45, 2.75) is 76.3 Å². The van der Waals surface area contributed by atoms with Gasteiger partial charge in [0.15, 0.2) is 0 Å². The second kappa shape index (κ2) is 6.57. The van der Waals surface area contributed by atoms with Gasteiger partial charge in [-0.15, -0.1) is 0 Å². The summed E-state index contributed by atoms with van der Waals surface area (Å²) in [7, 11) is 0. The Morgan fingerprint density at radius 3 is 2.27 bits per heavy atom. The lowest BCUT2D eigenvalue weighted by atomic mass is 9.98. The molecule has 2 amide bonds. The zero-order valence-electron chi connectivity index (χ0n) is 13.5. The van der Waals surface area contributed by atoms with Crippen molar-refractivity contribution in [2.75, 3.05) is 13.1 Å². The van der Waals surface area contributed by atoms with Crippen molar-refractivity contribution in [1.29, 1.82) is 0 Å². The van der Waals surface area contributed by atoms with E-state index >= 15 is 0 Å². The number of carbonyl (C=O) groups excluding carboxylic acids is 2. The maximum absolute atomic E-state index is 12.3. The number of nitrogens with one attached hydrogen (secondary N) is 1. The Morgan fingerprint density at radius 2 is 1.68 bits per heavy atom. The molecule has 1 heterocycles. The topological polar surface area (TPSA) is 75.4 Å². The van der Waals surface area contributed by atoms with Crippen LogP contribution >= 0.6 is 0 Å². The maximum Gasteiger partial charge on any atom is 0.235 e. The van der Waals surface area contributed by atoms with Crippen LogP contribution in [0.15, 0.2) is 0 Å². The molecule has 0 aromatic carbocycles. The molecule has 1 atom stereocenters. The first kappa shape index (κ1) is 15.8. The zero-order chi connectivity index (χ0) is 15.6. The van der Waals surface area contributed by atoms with Gasteiger partial charge in [-0.05, 0) is 45.1 Å². The molecule has 2 saturated carbocycles. The highest BCUT2D eigenvalue weighted by Crippen LogP contribution is 2.45. The summed E-state index contributed by atoms with van der Waals surface area (Å²) >= 11 is 0. The third-order valence-corrected chi connectivity index (χ3v) is 5.79. The normalized spacial score (nSPS) is 29.5. The van der Waals surface area contributed by atoms with Crippen molar-refractivity contribution in [1.82, 2.24) is 10.2 Å². The lowest BCUT2D eigenvalue weighted by Gasteiger charge is -2.38. The van der Waals surface area contributed by atoms with Crippen LogP contribution in [-0.4, -0.2) is 41.9 Å². The predicted octanol–water partition coefficient (Wildman–Crippen LogP) is 1.56.